The molecule has 0 saturated heterocycles. The van der Waals surface area contributed by atoms with Crippen LogP contribution in [0.25, 0.3) is 0 Å². The minimum atomic E-state index is 0.0679. The van der Waals surface area contributed by atoms with E-state index in [0.29, 0.717) is 6.61 Å². The van der Waals surface area contributed by atoms with Crippen molar-refractivity contribution in [3.8, 4) is 5.75 Å². The summed E-state index contributed by atoms with van der Waals surface area (Å²) in [6.07, 6.45) is 0. The third kappa shape index (κ3) is 2.94. The Morgan fingerprint density at radius 3 is 2.44 bits per heavy atom. The van der Waals surface area contributed by atoms with Crippen LogP contribution in [0.3, 0.4) is 0 Å². The molecule has 1 heterocycles. The van der Waals surface area contributed by atoms with Crippen LogP contribution in [0.1, 0.15) is 21.6 Å². The molecule has 0 spiro atoms. The van der Waals surface area contributed by atoms with Gasteiger partial charge in [-0.3, -0.25) is 0 Å². The molecule has 0 aliphatic rings. The van der Waals surface area contributed by atoms with Crippen molar-refractivity contribution in [2.24, 2.45) is 0 Å². The minimum absolute atomic E-state index is 0.0679. The minimum Gasteiger partial charge on any atom is -0.487 e. The molecule has 4 heteroatoms. The second-order valence-electron chi connectivity index (χ2n) is 4.20. The van der Waals surface area contributed by atoms with Crippen LogP contribution in [-0.4, -0.2) is 5.11 Å². The molecule has 0 unspecified atom stereocenters. The zero-order chi connectivity index (χ0) is 13.1. The second kappa shape index (κ2) is 5.87. The fraction of sp³-hybridized carbons (Fsp3) is 0.286. The van der Waals surface area contributed by atoms with Gasteiger partial charge in [0.2, 0.25) is 0 Å². The number of hydrogen-bond acceptors (Lipinski definition) is 3. The molecule has 18 heavy (non-hydrogen) atoms. The second-order valence-corrected chi connectivity index (χ2v) is 6.05. The van der Waals surface area contributed by atoms with Crippen LogP contribution in [0.5, 0.6) is 5.75 Å². The highest BCUT2D eigenvalue weighted by molar-refractivity contribution is 9.10. The summed E-state index contributed by atoms with van der Waals surface area (Å²) >= 11 is 5.17. The molecule has 0 atom stereocenters. The van der Waals surface area contributed by atoms with Crippen molar-refractivity contribution in [1.82, 2.24) is 0 Å². The van der Waals surface area contributed by atoms with Crippen LogP contribution in [0.15, 0.2) is 28.1 Å². The van der Waals surface area contributed by atoms with Crippen molar-refractivity contribution in [2.45, 2.75) is 27.1 Å². The summed E-state index contributed by atoms with van der Waals surface area (Å²) in [6.45, 7) is 4.65. The van der Waals surface area contributed by atoms with Crippen molar-refractivity contribution < 1.29 is 9.84 Å². The van der Waals surface area contributed by atoms with Crippen LogP contribution >= 0.6 is 27.3 Å². The molecule has 0 bridgehead atoms. The summed E-state index contributed by atoms with van der Waals surface area (Å²) in [5, 5.41) is 11.2. The SMILES string of the molecule is Cc1cc(CO)cc(C)c1OCc1sccc1Br. The van der Waals surface area contributed by atoms with Gasteiger partial charge in [-0.05, 0) is 57.9 Å². The number of aliphatic hydroxyl groups is 1. The van der Waals surface area contributed by atoms with E-state index < -0.39 is 0 Å². The molecule has 0 fully saturated rings. The van der Waals surface area contributed by atoms with Gasteiger partial charge in [0.05, 0.1) is 11.5 Å². The molecule has 2 rings (SSSR count). The summed E-state index contributed by atoms with van der Waals surface area (Å²) < 4.78 is 6.98. The first-order chi connectivity index (χ1) is 8.61. The van der Waals surface area contributed by atoms with E-state index >= 15 is 0 Å². The lowest BCUT2D eigenvalue weighted by Crippen LogP contribution is -1.99. The highest BCUT2D eigenvalue weighted by Crippen LogP contribution is 2.28. The molecule has 1 aromatic heterocycles. The Bertz CT molecular complexity index is 525. The first kappa shape index (κ1) is 13.6. The van der Waals surface area contributed by atoms with Gasteiger partial charge in [-0.15, -0.1) is 11.3 Å². The quantitative estimate of drug-likeness (QED) is 0.912. The van der Waals surface area contributed by atoms with E-state index in [0.717, 1.165) is 26.9 Å². The van der Waals surface area contributed by atoms with Gasteiger partial charge >= 0.3 is 0 Å². The Balaban J connectivity index is 2.17. The number of aryl methyl sites for hydroxylation is 2. The normalized spacial score (nSPS) is 10.7. The largest absolute Gasteiger partial charge is 0.487 e. The molecule has 1 N–H and O–H groups in total. The highest BCUT2D eigenvalue weighted by atomic mass is 79.9. The predicted octanol–water partition coefficient (Wildman–Crippen LogP) is 4.20. The lowest BCUT2D eigenvalue weighted by Gasteiger charge is -2.13. The van der Waals surface area contributed by atoms with Crippen molar-refractivity contribution in [3.63, 3.8) is 0 Å². The van der Waals surface area contributed by atoms with Gasteiger partial charge in [0.15, 0.2) is 0 Å². The maximum Gasteiger partial charge on any atom is 0.125 e. The van der Waals surface area contributed by atoms with Gasteiger partial charge in [-0.2, -0.15) is 0 Å². The Morgan fingerprint density at radius 1 is 1.28 bits per heavy atom. The molecule has 0 aliphatic heterocycles. The van der Waals surface area contributed by atoms with Crippen molar-refractivity contribution in [3.05, 3.63) is 49.6 Å². The molecule has 0 amide bonds. The summed E-state index contributed by atoms with van der Waals surface area (Å²) in [5.74, 6) is 0.910. The summed E-state index contributed by atoms with van der Waals surface area (Å²) in [6, 6.07) is 5.95. The van der Waals surface area contributed by atoms with Gasteiger partial charge in [0.25, 0.3) is 0 Å². The molecule has 0 aliphatic carbocycles. The maximum atomic E-state index is 9.15. The van der Waals surface area contributed by atoms with Gasteiger partial charge in [0, 0.05) is 4.47 Å². The molecule has 0 radical (unpaired) electrons. The lowest BCUT2D eigenvalue weighted by atomic mass is 10.1. The number of rotatable bonds is 4. The van der Waals surface area contributed by atoms with Crippen LogP contribution in [0, 0.1) is 13.8 Å². The average molecular weight is 327 g/mol. The molecule has 2 nitrogen and oxygen atoms in total. The lowest BCUT2D eigenvalue weighted by molar-refractivity contribution is 0.280. The van der Waals surface area contributed by atoms with E-state index in [-0.39, 0.29) is 6.61 Å². The Kier molecular flexibility index (Phi) is 4.43. The van der Waals surface area contributed by atoms with Crippen LogP contribution in [-0.2, 0) is 13.2 Å². The Labute approximate surface area is 119 Å². The van der Waals surface area contributed by atoms with Gasteiger partial charge in [-0.25, -0.2) is 0 Å². The highest BCUT2D eigenvalue weighted by Gasteiger charge is 2.08. The smallest absolute Gasteiger partial charge is 0.125 e. The summed E-state index contributed by atoms with van der Waals surface area (Å²) in [5.41, 5.74) is 3.05. The molecule has 2 aromatic rings. The zero-order valence-corrected chi connectivity index (χ0v) is 12.8. The first-order valence-corrected chi connectivity index (χ1v) is 7.34. The molecule has 0 saturated carbocycles. The van der Waals surface area contributed by atoms with Gasteiger partial charge in [-0.1, -0.05) is 12.1 Å². The number of aliphatic hydroxyl groups excluding tert-OH is 1. The number of halogens is 1. The van der Waals surface area contributed by atoms with Crippen molar-refractivity contribution in [2.75, 3.05) is 0 Å². The monoisotopic (exact) mass is 326 g/mol. The van der Waals surface area contributed by atoms with Crippen molar-refractivity contribution in [1.29, 1.82) is 0 Å². The van der Waals surface area contributed by atoms with E-state index in [1.54, 1.807) is 11.3 Å². The fourth-order valence-corrected chi connectivity index (χ4v) is 3.30. The fourth-order valence-electron chi connectivity index (χ4n) is 1.92. The molecule has 96 valence electrons. The van der Waals surface area contributed by atoms with Crippen LogP contribution in [0.2, 0.25) is 0 Å². The Morgan fingerprint density at radius 2 is 1.94 bits per heavy atom. The number of hydrogen-bond donors (Lipinski definition) is 1. The Hall–Kier alpha value is -0.840. The first-order valence-electron chi connectivity index (χ1n) is 5.67. The molecule has 1 aromatic carbocycles. The topological polar surface area (TPSA) is 29.5 Å². The zero-order valence-electron chi connectivity index (χ0n) is 10.4. The van der Waals surface area contributed by atoms with E-state index in [1.165, 1.54) is 4.88 Å². The van der Waals surface area contributed by atoms with E-state index in [1.807, 2.05) is 37.4 Å². The average Bonchev–Trinajstić information content (AvgIpc) is 2.73. The molecular weight excluding hydrogens is 312 g/mol. The van der Waals surface area contributed by atoms with E-state index in [9.17, 15) is 0 Å². The van der Waals surface area contributed by atoms with Gasteiger partial charge < -0.3 is 9.84 Å². The predicted molar refractivity (Wildman–Crippen MR) is 78.2 cm³/mol. The van der Waals surface area contributed by atoms with E-state index in [4.69, 9.17) is 9.84 Å². The summed E-state index contributed by atoms with van der Waals surface area (Å²) in [7, 11) is 0. The summed E-state index contributed by atoms with van der Waals surface area (Å²) in [4.78, 5) is 1.18. The van der Waals surface area contributed by atoms with Crippen LogP contribution < -0.4 is 4.74 Å². The number of thiophene rings is 1. The standard InChI is InChI=1S/C14H15BrO2S/c1-9-5-11(7-16)6-10(2)14(9)17-8-13-12(15)3-4-18-13/h3-6,16H,7-8H2,1-2H3. The third-order valence-corrected chi connectivity index (χ3v) is 4.64. The maximum absolute atomic E-state index is 9.15. The van der Waals surface area contributed by atoms with E-state index in [2.05, 4.69) is 15.9 Å². The third-order valence-electron chi connectivity index (χ3n) is 2.74. The number of benzene rings is 1. The number of ether oxygens (including phenoxy) is 1. The van der Waals surface area contributed by atoms with Crippen molar-refractivity contribution >= 4 is 27.3 Å². The van der Waals surface area contributed by atoms with Crippen LogP contribution in [0.4, 0.5) is 0 Å². The van der Waals surface area contributed by atoms with Gasteiger partial charge in [0.1, 0.15) is 12.4 Å². The molecular formula is C14H15BrO2S.